The first-order valence-electron chi connectivity index (χ1n) is 2.20. The molecule has 0 bridgehead atoms. The van der Waals surface area contributed by atoms with Gasteiger partial charge >= 0.3 is 0 Å². The van der Waals surface area contributed by atoms with E-state index in [4.69, 9.17) is 10.8 Å². The molecule has 0 radical (unpaired) electrons. The van der Waals surface area contributed by atoms with Crippen molar-refractivity contribution in [2.45, 2.75) is 11.2 Å². The van der Waals surface area contributed by atoms with Crippen LogP contribution in [0.4, 0.5) is 0 Å². The van der Waals surface area contributed by atoms with Gasteiger partial charge in [-0.2, -0.15) is 0 Å². The largest absolute Gasteiger partial charge is 0.395 e. The molecule has 3 nitrogen and oxygen atoms in total. The number of hydrogen-bond donors (Lipinski definition) is 2. The number of aliphatic hydroxyl groups excluding tert-OH is 1. The Bertz CT molecular complexity index is 86.1. The van der Waals surface area contributed by atoms with E-state index >= 15 is 0 Å². The van der Waals surface area contributed by atoms with E-state index in [1.54, 1.807) is 0 Å². The summed E-state index contributed by atoms with van der Waals surface area (Å²) in [5.41, 5.74) is 4.79. The van der Waals surface area contributed by atoms with Gasteiger partial charge in [-0.15, -0.1) is 0 Å². The molecule has 0 fully saturated rings. The average Bonchev–Trinajstić information content (AvgIpc) is 1.65. The average molecular weight is 182 g/mol. The Morgan fingerprint density at radius 3 is 2.50 bits per heavy atom. The topological polar surface area (TPSA) is 63.3 Å². The molecular formula is C4H8BrNO2. The van der Waals surface area contributed by atoms with Crippen LogP contribution < -0.4 is 5.73 Å². The van der Waals surface area contributed by atoms with Crippen LogP contribution in [0.25, 0.3) is 0 Å². The van der Waals surface area contributed by atoms with Crippen molar-refractivity contribution in [3.05, 3.63) is 0 Å². The number of carbonyl (C=O) groups is 1. The van der Waals surface area contributed by atoms with Gasteiger partial charge in [0.2, 0.25) is 5.91 Å². The van der Waals surface area contributed by atoms with E-state index < -0.39 is 5.91 Å². The Labute approximate surface area is 56.0 Å². The van der Waals surface area contributed by atoms with Gasteiger partial charge in [0.05, 0.1) is 6.61 Å². The summed E-state index contributed by atoms with van der Waals surface area (Å²) in [6, 6.07) is 0. The number of rotatable bonds is 3. The number of carbonyl (C=O) groups excluding carboxylic acids is 1. The van der Waals surface area contributed by atoms with Gasteiger partial charge in [0.25, 0.3) is 0 Å². The summed E-state index contributed by atoms with van der Waals surface area (Å²) in [4.78, 5) is 9.87. The minimum Gasteiger partial charge on any atom is -0.395 e. The van der Waals surface area contributed by atoms with E-state index in [1.807, 2.05) is 0 Å². The van der Waals surface area contributed by atoms with Gasteiger partial charge in [-0.05, 0) is 0 Å². The number of halogens is 1. The molecule has 8 heavy (non-hydrogen) atoms. The number of aliphatic hydroxyl groups is 1. The van der Waals surface area contributed by atoms with Gasteiger partial charge < -0.3 is 10.8 Å². The zero-order valence-electron chi connectivity index (χ0n) is 4.30. The van der Waals surface area contributed by atoms with Crippen LogP contribution in [0.3, 0.4) is 0 Å². The fourth-order valence-corrected chi connectivity index (χ4v) is 0.602. The van der Waals surface area contributed by atoms with E-state index in [9.17, 15) is 4.79 Å². The molecule has 0 heterocycles. The lowest BCUT2D eigenvalue weighted by molar-refractivity contribution is -0.118. The third-order valence-corrected chi connectivity index (χ3v) is 1.23. The molecule has 0 aromatic rings. The maximum Gasteiger partial charge on any atom is 0.218 e. The molecule has 48 valence electrons. The summed E-state index contributed by atoms with van der Waals surface area (Å²) < 4.78 is 0. The summed E-state index contributed by atoms with van der Waals surface area (Å²) in [6.07, 6.45) is 0.191. The molecule has 3 N–H and O–H groups in total. The van der Waals surface area contributed by atoms with Crippen molar-refractivity contribution in [3.8, 4) is 0 Å². The quantitative estimate of drug-likeness (QED) is 0.584. The standard InChI is InChI=1S/C4H8BrNO2/c5-3(2-7)1-4(6)8/h3,7H,1-2H2,(H2,6,8). The maximum atomic E-state index is 10.0. The van der Waals surface area contributed by atoms with Crippen molar-refractivity contribution < 1.29 is 9.90 Å². The lowest BCUT2D eigenvalue weighted by atomic mass is 10.3. The molecule has 1 unspecified atom stereocenters. The Balaban J connectivity index is 3.24. The van der Waals surface area contributed by atoms with E-state index in [1.165, 1.54) is 0 Å². The van der Waals surface area contributed by atoms with Crippen molar-refractivity contribution in [3.63, 3.8) is 0 Å². The van der Waals surface area contributed by atoms with Gasteiger partial charge in [0.1, 0.15) is 0 Å². The predicted octanol–water partition coefficient (Wildman–Crippen LogP) is -0.382. The van der Waals surface area contributed by atoms with Gasteiger partial charge in [0.15, 0.2) is 0 Å². The Hall–Kier alpha value is -0.0900. The molecule has 1 atom stereocenters. The lowest BCUT2D eigenvalue weighted by Crippen LogP contribution is -2.18. The summed E-state index contributed by atoms with van der Waals surface area (Å²) in [7, 11) is 0. The molecular weight excluding hydrogens is 174 g/mol. The highest BCUT2D eigenvalue weighted by atomic mass is 79.9. The number of nitrogens with two attached hydrogens (primary N) is 1. The number of primary amides is 1. The zero-order valence-corrected chi connectivity index (χ0v) is 5.89. The Kier molecular flexibility index (Phi) is 3.81. The zero-order chi connectivity index (χ0) is 6.57. The monoisotopic (exact) mass is 181 g/mol. The third-order valence-electron chi connectivity index (χ3n) is 0.621. The fraction of sp³-hybridized carbons (Fsp3) is 0.750. The van der Waals surface area contributed by atoms with Crippen LogP contribution in [0.2, 0.25) is 0 Å². The van der Waals surface area contributed by atoms with E-state index in [0.717, 1.165) is 0 Å². The molecule has 0 saturated carbocycles. The van der Waals surface area contributed by atoms with E-state index in [0.29, 0.717) is 0 Å². The van der Waals surface area contributed by atoms with Crippen LogP contribution in [0.15, 0.2) is 0 Å². The van der Waals surface area contributed by atoms with E-state index in [2.05, 4.69) is 15.9 Å². The number of alkyl halides is 1. The molecule has 0 aliphatic heterocycles. The van der Waals surface area contributed by atoms with Gasteiger partial charge in [-0.3, -0.25) is 4.79 Å². The van der Waals surface area contributed by atoms with Crippen LogP contribution >= 0.6 is 15.9 Å². The highest BCUT2D eigenvalue weighted by Gasteiger charge is 2.04. The second-order valence-electron chi connectivity index (χ2n) is 1.45. The van der Waals surface area contributed by atoms with Crippen molar-refractivity contribution in [1.82, 2.24) is 0 Å². The van der Waals surface area contributed by atoms with Crippen LogP contribution in [0.5, 0.6) is 0 Å². The normalized spacial score (nSPS) is 13.2. The van der Waals surface area contributed by atoms with Crippen molar-refractivity contribution >= 4 is 21.8 Å². The summed E-state index contributed by atoms with van der Waals surface area (Å²) >= 11 is 3.03. The molecule has 0 aliphatic rings. The highest BCUT2D eigenvalue weighted by Crippen LogP contribution is 2.01. The van der Waals surface area contributed by atoms with Crippen molar-refractivity contribution in [2.24, 2.45) is 5.73 Å². The second kappa shape index (κ2) is 3.86. The van der Waals surface area contributed by atoms with Crippen molar-refractivity contribution in [2.75, 3.05) is 6.61 Å². The second-order valence-corrected chi connectivity index (χ2v) is 2.75. The minimum atomic E-state index is -0.402. The van der Waals surface area contributed by atoms with Gasteiger partial charge in [-0.1, -0.05) is 15.9 Å². The molecule has 0 aromatic heterocycles. The van der Waals surface area contributed by atoms with E-state index in [-0.39, 0.29) is 17.9 Å². The van der Waals surface area contributed by atoms with Crippen LogP contribution in [-0.2, 0) is 4.79 Å². The number of hydrogen-bond acceptors (Lipinski definition) is 2. The van der Waals surface area contributed by atoms with Gasteiger partial charge in [0, 0.05) is 11.2 Å². The minimum absolute atomic E-state index is 0.0526. The van der Waals surface area contributed by atoms with Crippen LogP contribution in [-0.4, -0.2) is 22.4 Å². The first kappa shape index (κ1) is 7.91. The molecule has 0 aromatic carbocycles. The van der Waals surface area contributed by atoms with Crippen LogP contribution in [0, 0.1) is 0 Å². The summed E-state index contributed by atoms with van der Waals surface area (Å²) in [5.74, 6) is -0.402. The molecule has 0 aliphatic carbocycles. The maximum absolute atomic E-state index is 10.0. The first-order valence-corrected chi connectivity index (χ1v) is 3.11. The highest BCUT2D eigenvalue weighted by molar-refractivity contribution is 9.09. The molecule has 0 saturated heterocycles. The fourth-order valence-electron chi connectivity index (χ4n) is 0.283. The number of amides is 1. The first-order chi connectivity index (χ1) is 3.66. The SMILES string of the molecule is NC(=O)CC(Br)CO. The van der Waals surface area contributed by atoms with Crippen LogP contribution in [0.1, 0.15) is 6.42 Å². The molecule has 1 amide bonds. The predicted molar refractivity (Wildman–Crippen MR) is 33.6 cm³/mol. The molecule has 0 spiro atoms. The Morgan fingerprint density at radius 1 is 1.88 bits per heavy atom. The third kappa shape index (κ3) is 4.08. The van der Waals surface area contributed by atoms with Gasteiger partial charge in [-0.25, -0.2) is 0 Å². The summed E-state index contributed by atoms with van der Waals surface area (Å²) in [5, 5.41) is 8.33. The summed E-state index contributed by atoms with van der Waals surface area (Å²) in [6.45, 7) is -0.0526. The Morgan fingerprint density at radius 2 is 2.38 bits per heavy atom. The lowest BCUT2D eigenvalue weighted by Gasteiger charge is -1.98. The molecule has 0 rings (SSSR count). The smallest absolute Gasteiger partial charge is 0.218 e. The van der Waals surface area contributed by atoms with Crippen molar-refractivity contribution in [1.29, 1.82) is 0 Å². The molecule has 4 heteroatoms.